The third-order valence-corrected chi connectivity index (χ3v) is 5.49. The number of rotatable bonds is 0. The SMILES string of the molecule is CC1(C)CSC2(CCSCC2)N1. The summed E-state index contributed by atoms with van der Waals surface area (Å²) in [6.45, 7) is 4.63. The Balaban J connectivity index is 2.03. The third kappa shape index (κ3) is 1.78. The monoisotopic (exact) mass is 203 g/mol. The van der Waals surface area contributed by atoms with Crippen molar-refractivity contribution in [3.8, 4) is 0 Å². The highest BCUT2D eigenvalue weighted by Crippen LogP contribution is 2.43. The van der Waals surface area contributed by atoms with Crippen LogP contribution in [0, 0.1) is 0 Å². The third-order valence-electron chi connectivity index (χ3n) is 2.58. The van der Waals surface area contributed by atoms with Crippen molar-refractivity contribution >= 4 is 23.5 Å². The largest absolute Gasteiger partial charge is 0.297 e. The molecule has 2 aliphatic heterocycles. The number of hydrogen-bond acceptors (Lipinski definition) is 3. The van der Waals surface area contributed by atoms with Crippen LogP contribution in [0.25, 0.3) is 0 Å². The molecule has 2 fully saturated rings. The zero-order chi connectivity index (χ0) is 8.66. The summed E-state index contributed by atoms with van der Waals surface area (Å²) in [5.41, 5.74) is 0.368. The quantitative estimate of drug-likeness (QED) is 0.649. The zero-order valence-electron chi connectivity index (χ0n) is 7.85. The van der Waals surface area contributed by atoms with E-state index in [2.05, 4.69) is 42.7 Å². The van der Waals surface area contributed by atoms with Crippen LogP contribution in [-0.4, -0.2) is 27.7 Å². The van der Waals surface area contributed by atoms with Crippen molar-refractivity contribution in [2.24, 2.45) is 0 Å². The molecule has 2 aliphatic rings. The first kappa shape index (κ1) is 9.22. The van der Waals surface area contributed by atoms with Gasteiger partial charge in [0, 0.05) is 11.3 Å². The summed E-state index contributed by atoms with van der Waals surface area (Å²) in [7, 11) is 0. The molecule has 0 aromatic rings. The lowest BCUT2D eigenvalue weighted by Gasteiger charge is -2.34. The van der Waals surface area contributed by atoms with Gasteiger partial charge in [-0.25, -0.2) is 0 Å². The highest BCUT2D eigenvalue weighted by atomic mass is 32.2. The van der Waals surface area contributed by atoms with E-state index in [1.165, 1.54) is 30.1 Å². The van der Waals surface area contributed by atoms with Crippen LogP contribution in [-0.2, 0) is 0 Å². The summed E-state index contributed by atoms with van der Waals surface area (Å²) >= 11 is 4.25. The van der Waals surface area contributed by atoms with Gasteiger partial charge in [0.15, 0.2) is 0 Å². The van der Waals surface area contributed by atoms with Crippen molar-refractivity contribution < 1.29 is 0 Å². The Morgan fingerprint density at radius 1 is 1.17 bits per heavy atom. The molecular weight excluding hydrogens is 186 g/mol. The Hall–Kier alpha value is 0.660. The smallest absolute Gasteiger partial charge is 0.0666 e. The molecule has 0 aliphatic carbocycles. The number of hydrogen-bond donors (Lipinski definition) is 1. The molecule has 1 spiro atoms. The van der Waals surface area contributed by atoms with Gasteiger partial charge in [-0.2, -0.15) is 11.8 Å². The molecule has 12 heavy (non-hydrogen) atoms. The van der Waals surface area contributed by atoms with Crippen LogP contribution < -0.4 is 5.32 Å². The molecule has 0 amide bonds. The Labute approximate surface area is 83.4 Å². The van der Waals surface area contributed by atoms with E-state index in [9.17, 15) is 0 Å². The van der Waals surface area contributed by atoms with Crippen LogP contribution in [0.3, 0.4) is 0 Å². The molecule has 0 aromatic heterocycles. The Kier molecular flexibility index (Phi) is 2.39. The van der Waals surface area contributed by atoms with Gasteiger partial charge in [-0.3, -0.25) is 5.32 Å². The van der Waals surface area contributed by atoms with Crippen LogP contribution in [0.5, 0.6) is 0 Å². The first-order valence-corrected chi connectivity index (χ1v) is 6.77. The molecule has 0 aromatic carbocycles. The maximum atomic E-state index is 3.80. The molecule has 3 heteroatoms. The lowest BCUT2D eigenvalue weighted by atomic mass is 10.0. The van der Waals surface area contributed by atoms with Crippen molar-refractivity contribution in [1.29, 1.82) is 0 Å². The summed E-state index contributed by atoms with van der Waals surface area (Å²) in [6.07, 6.45) is 2.71. The summed E-state index contributed by atoms with van der Waals surface area (Å²) < 4.78 is 0. The predicted octanol–water partition coefficient (Wildman–Crippen LogP) is 2.32. The molecule has 0 unspecified atom stereocenters. The van der Waals surface area contributed by atoms with E-state index in [0.29, 0.717) is 10.4 Å². The molecule has 2 rings (SSSR count). The van der Waals surface area contributed by atoms with Crippen molar-refractivity contribution in [2.45, 2.75) is 37.1 Å². The molecule has 70 valence electrons. The lowest BCUT2D eigenvalue weighted by Crippen LogP contribution is -2.48. The van der Waals surface area contributed by atoms with Crippen molar-refractivity contribution in [2.75, 3.05) is 17.3 Å². The van der Waals surface area contributed by atoms with E-state index in [0.717, 1.165) is 0 Å². The van der Waals surface area contributed by atoms with Gasteiger partial charge in [-0.05, 0) is 38.2 Å². The van der Waals surface area contributed by atoms with Crippen LogP contribution in [0.2, 0.25) is 0 Å². The summed E-state index contributed by atoms with van der Waals surface area (Å²) in [6, 6.07) is 0. The summed E-state index contributed by atoms with van der Waals surface area (Å²) in [5, 5.41) is 3.80. The van der Waals surface area contributed by atoms with Crippen LogP contribution in [0.4, 0.5) is 0 Å². The van der Waals surface area contributed by atoms with Gasteiger partial charge in [-0.1, -0.05) is 0 Å². The zero-order valence-corrected chi connectivity index (χ0v) is 9.49. The average molecular weight is 203 g/mol. The second kappa shape index (κ2) is 3.10. The number of thioether (sulfide) groups is 2. The van der Waals surface area contributed by atoms with Gasteiger partial charge in [0.25, 0.3) is 0 Å². The minimum Gasteiger partial charge on any atom is -0.297 e. The molecule has 1 nitrogen and oxygen atoms in total. The molecule has 0 saturated carbocycles. The van der Waals surface area contributed by atoms with Gasteiger partial charge >= 0.3 is 0 Å². The normalized spacial score (nSPS) is 32.5. The predicted molar refractivity (Wildman–Crippen MR) is 59.0 cm³/mol. The van der Waals surface area contributed by atoms with E-state index < -0.39 is 0 Å². The Bertz CT molecular complexity index is 173. The molecule has 2 heterocycles. The second-order valence-corrected chi connectivity index (χ2v) is 6.99. The van der Waals surface area contributed by atoms with E-state index in [-0.39, 0.29) is 0 Å². The molecule has 1 N–H and O–H groups in total. The van der Waals surface area contributed by atoms with E-state index >= 15 is 0 Å². The highest BCUT2D eigenvalue weighted by Gasteiger charge is 2.43. The first-order valence-electron chi connectivity index (χ1n) is 4.63. The van der Waals surface area contributed by atoms with Crippen molar-refractivity contribution in [1.82, 2.24) is 5.32 Å². The Morgan fingerprint density at radius 2 is 1.83 bits per heavy atom. The Morgan fingerprint density at radius 3 is 2.33 bits per heavy atom. The van der Waals surface area contributed by atoms with Gasteiger partial charge in [-0.15, -0.1) is 11.8 Å². The fourth-order valence-electron chi connectivity index (χ4n) is 1.98. The lowest BCUT2D eigenvalue weighted by molar-refractivity contribution is 0.348. The van der Waals surface area contributed by atoms with Crippen molar-refractivity contribution in [3.63, 3.8) is 0 Å². The maximum absolute atomic E-state index is 3.80. The minimum atomic E-state index is 0.368. The second-order valence-electron chi connectivity index (χ2n) is 4.40. The van der Waals surface area contributed by atoms with Crippen LogP contribution in [0.1, 0.15) is 26.7 Å². The summed E-state index contributed by atoms with van der Waals surface area (Å²) in [5.74, 6) is 3.96. The van der Waals surface area contributed by atoms with Crippen LogP contribution in [0.15, 0.2) is 0 Å². The molecule has 0 bridgehead atoms. The molecule has 0 atom stereocenters. The van der Waals surface area contributed by atoms with Gasteiger partial charge in [0.05, 0.1) is 4.87 Å². The minimum absolute atomic E-state index is 0.368. The fourth-order valence-corrected chi connectivity index (χ4v) is 4.98. The van der Waals surface area contributed by atoms with Gasteiger partial charge in [0.1, 0.15) is 0 Å². The molecular formula is C9H17NS2. The van der Waals surface area contributed by atoms with Gasteiger partial charge < -0.3 is 0 Å². The van der Waals surface area contributed by atoms with E-state index in [1.54, 1.807) is 0 Å². The fraction of sp³-hybridized carbons (Fsp3) is 1.00. The molecule has 0 radical (unpaired) electrons. The first-order chi connectivity index (χ1) is 5.62. The number of nitrogens with one attached hydrogen (secondary N) is 1. The average Bonchev–Trinajstić information content (AvgIpc) is 2.29. The highest BCUT2D eigenvalue weighted by molar-refractivity contribution is 8.01. The summed E-state index contributed by atoms with van der Waals surface area (Å²) in [4.78, 5) is 0.453. The molecule has 2 saturated heterocycles. The van der Waals surface area contributed by atoms with E-state index in [1.807, 2.05) is 0 Å². The topological polar surface area (TPSA) is 12.0 Å². The maximum Gasteiger partial charge on any atom is 0.0666 e. The van der Waals surface area contributed by atoms with Gasteiger partial charge in [0.2, 0.25) is 0 Å². The van der Waals surface area contributed by atoms with Crippen LogP contribution >= 0.6 is 23.5 Å². The standard InChI is InChI=1S/C9H17NS2/c1-8(2)7-12-9(10-8)3-5-11-6-4-9/h10H,3-7H2,1-2H3. The van der Waals surface area contributed by atoms with Crippen molar-refractivity contribution in [3.05, 3.63) is 0 Å². The van der Waals surface area contributed by atoms with E-state index in [4.69, 9.17) is 0 Å².